The summed E-state index contributed by atoms with van der Waals surface area (Å²) in [5, 5.41) is 0. The molecule has 84 valence electrons. The van der Waals surface area contributed by atoms with E-state index in [2.05, 4.69) is 53.1 Å². The van der Waals surface area contributed by atoms with Crippen molar-refractivity contribution in [3.8, 4) is 0 Å². The van der Waals surface area contributed by atoms with E-state index in [9.17, 15) is 0 Å². The van der Waals surface area contributed by atoms with E-state index >= 15 is 0 Å². The van der Waals surface area contributed by atoms with E-state index in [0.29, 0.717) is 6.54 Å². The van der Waals surface area contributed by atoms with E-state index in [0.717, 1.165) is 22.3 Å². The maximum Gasteiger partial charge on any atom is 0.0231 e. The van der Waals surface area contributed by atoms with Gasteiger partial charge in [-0.05, 0) is 31.8 Å². The van der Waals surface area contributed by atoms with Gasteiger partial charge in [-0.2, -0.15) is 0 Å². The third-order valence-electron chi connectivity index (χ3n) is 2.05. The van der Waals surface area contributed by atoms with Crippen molar-refractivity contribution >= 4 is 27.7 Å². The van der Waals surface area contributed by atoms with Gasteiger partial charge in [-0.15, -0.1) is 11.8 Å². The monoisotopic (exact) mass is 288 g/mol. The van der Waals surface area contributed by atoms with Crippen molar-refractivity contribution < 1.29 is 0 Å². The second-order valence-corrected chi connectivity index (χ2v) is 5.63. The van der Waals surface area contributed by atoms with Crippen LogP contribution in [0.3, 0.4) is 0 Å². The van der Waals surface area contributed by atoms with Crippen molar-refractivity contribution in [2.75, 3.05) is 26.4 Å². The molecule has 0 radical (unpaired) electrons. The Kier molecular flexibility index (Phi) is 5.68. The van der Waals surface area contributed by atoms with Gasteiger partial charge in [0.2, 0.25) is 0 Å². The Labute approximate surface area is 104 Å². The van der Waals surface area contributed by atoms with E-state index in [1.807, 2.05) is 11.8 Å². The molecule has 0 aliphatic carbocycles. The maximum absolute atomic E-state index is 5.60. The summed E-state index contributed by atoms with van der Waals surface area (Å²) in [5.74, 6) is 1.11. The molecule has 0 heterocycles. The van der Waals surface area contributed by atoms with E-state index in [-0.39, 0.29) is 0 Å². The molecule has 4 heteroatoms. The van der Waals surface area contributed by atoms with Crippen LogP contribution in [-0.4, -0.2) is 31.3 Å². The third kappa shape index (κ3) is 4.55. The largest absolute Gasteiger partial charge is 0.326 e. The SMILES string of the molecule is CN(C)CCSc1ccc(CN)c(Br)c1. The normalized spacial score (nSPS) is 11.0. The maximum atomic E-state index is 5.60. The second kappa shape index (κ2) is 6.53. The van der Waals surface area contributed by atoms with Crippen molar-refractivity contribution in [2.45, 2.75) is 11.4 Å². The fourth-order valence-electron chi connectivity index (χ4n) is 1.13. The summed E-state index contributed by atoms with van der Waals surface area (Å²) in [6, 6.07) is 6.36. The lowest BCUT2D eigenvalue weighted by Gasteiger charge is -2.09. The van der Waals surface area contributed by atoms with Gasteiger partial charge in [0.05, 0.1) is 0 Å². The molecule has 2 N–H and O–H groups in total. The van der Waals surface area contributed by atoms with Crippen LogP contribution in [0.2, 0.25) is 0 Å². The number of nitrogens with zero attached hydrogens (tertiary/aromatic N) is 1. The van der Waals surface area contributed by atoms with Gasteiger partial charge in [0.25, 0.3) is 0 Å². The van der Waals surface area contributed by atoms with Gasteiger partial charge in [0, 0.05) is 28.2 Å². The molecule has 0 amide bonds. The standard InChI is InChI=1S/C11H17BrN2S/c1-14(2)5-6-15-10-4-3-9(8-13)11(12)7-10/h3-4,7H,5-6,8,13H2,1-2H3. The molecule has 0 unspecified atom stereocenters. The van der Waals surface area contributed by atoms with Crippen LogP contribution in [0, 0.1) is 0 Å². The summed E-state index contributed by atoms with van der Waals surface area (Å²) in [6.45, 7) is 1.68. The molecule has 0 saturated carbocycles. The predicted molar refractivity (Wildman–Crippen MR) is 71.3 cm³/mol. The van der Waals surface area contributed by atoms with Crippen LogP contribution in [0.25, 0.3) is 0 Å². The van der Waals surface area contributed by atoms with Crippen LogP contribution >= 0.6 is 27.7 Å². The molecule has 1 aromatic rings. The first-order valence-electron chi connectivity index (χ1n) is 4.89. The Hall–Kier alpha value is -0.0300. The highest BCUT2D eigenvalue weighted by Gasteiger charge is 2.00. The Morgan fingerprint density at radius 1 is 1.40 bits per heavy atom. The molecule has 0 aromatic heterocycles. The van der Waals surface area contributed by atoms with Crippen LogP contribution in [0.4, 0.5) is 0 Å². The highest BCUT2D eigenvalue weighted by atomic mass is 79.9. The average Bonchev–Trinajstić information content (AvgIpc) is 2.17. The summed E-state index contributed by atoms with van der Waals surface area (Å²) < 4.78 is 1.11. The van der Waals surface area contributed by atoms with Crippen LogP contribution < -0.4 is 5.73 Å². The number of hydrogen-bond donors (Lipinski definition) is 1. The molecule has 0 atom stereocenters. The molecule has 0 aliphatic rings. The molecule has 1 aromatic carbocycles. The van der Waals surface area contributed by atoms with Gasteiger partial charge in [0.1, 0.15) is 0 Å². The highest BCUT2D eigenvalue weighted by Crippen LogP contribution is 2.25. The Bertz CT molecular complexity index is 315. The van der Waals surface area contributed by atoms with Gasteiger partial charge in [-0.3, -0.25) is 0 Å². The molecular formula is C11H17BrN2S. The summed E-state index contributed by atoms with van der Waals surface area (Å²) in [7, 11) is 4.18. The number of benzene rings is 1. The van der Waals surface area contributed by atoms with Crippen LogP contribution in [0.5, 0.6) is 0 Å². The molecule has 2 nitrogen and oxygen atoms in total. The average molecular weight is 289 g/mol. The summed E-state index contributed by atoms with van der Waals surface area (Å²) in [6.07, 6.45) is 0. The molecule has 1 rings (SSSR count). The number of thioether (sulfide) groups is 1. The first kappa shape index (κ1) is 13.0. The molecule has 15 heavy (non-hydrogen) atoms. The Balaban J connectivity index is 2.52. The van der Waals surface area contributed by atoms with Crippen molar-refractivity contribution in [1.29, 1.82) is 0 Å². The van der Waals surface area contributed by atoms with Crippen molar-refractivity contribution in [2.24, 2.45) is 5.73 Å². The number of rotatable bonds is 5. The minimum absolute atomic E-state index is 0.587. The fourth-order valence-corrected chi connectivity index (χ4v) is 2.88. The Morgan fingerprint density at radius 3 is 2.67 bits per heavy atom. The lowest BCUT2D eigenvalue weighted by molar-refractivity contribution is 0.437. The molecule has 0 spiro atoms. The van der Waals surface area contributed by atoms with E-state index < -0.39 is 0 Å². The van der Waals surface area contributed by atoms with E-state index in [1.54, 1.807) is 0 Å². The summed E-state index contributed by atoms with van der Waals surface area (Å²) in [5.41, 5.74) is 6.76. The van der Waals surface area contributed by atoms with Gasteiger partial charge in [0.15, 0.2) is 0 Å². The van der Waals surface area contributed by atoms with Crippen LogP contribution in [0.15, 0.2) is 27.6 Å². The van der Waals surface area contributed by atoms with Crippen LogP contribution in [0.1, 0.15) is 5.56 Å². The fraction of sp³-hybridized carbons (Fsp3) is 0.455. The first-order chi connectivity index (χ1) is 7.13. The zero-order valence-electron chi connectivity index (χ0n) is 9.16. The molecule has 0 aliphatic heterocycles. The van der Waals surface area contributed by atoms with Crippen molar-refractivity contribution in [3.63, 3.8) is 0 Å². The first-order valence-corrected chi connectivity index (χ1v) is 6.67. The van der Waals surface area contributed by atoms with E-state index in [4.69, 9.17) is 5.73 Å². The molecule has 0 saturated heterocycles. The molecular weight excluding hydrogens is 272 g/mol. The van der Waals surface area contributed by atoms with Gasteiger partial charge >= 0.3 is 0 Å². The minimum Gasteiger partial charge on any atom is -0.326 e. The zero-order chi connectivity index (χ0) is 11.3. The van der Waals surface area contributed by atoms with Crippen LogP contribution in [-0.2, 0) is 6.54 Å². The smallest absolute Gasteiger partial charge is 0.0231 e. The van der Waals surface area contributed by atoms with Crippen molar-refractivity contribution in [3.05, 3.63) is 28.2 Å². The van der Waals surface area contributed by atoms with Gasteiger partial charge in [-0.25, -0.2) is 0 Å². The lowest BCUT2D eigenvalue weighted by Crippen LogP contribution is -2.14. The molecule has 0 fully saturated rings. The quantitative estimate of drug-likeness (QED) is 0.845. The highest BCUT2D eigenvalue weighted by molar-refractivity contribution is 9.10. The Morgan fingerprint density at radius 2 is 2.13 bits per heavy atom. The third-order valence-corrected chi connectivity index (χ3v) is 3.76. The number of hydrogen-bond acceptors (Lipinski definition) is 3. The van der Waals surface area contributed by atoms with Crippen molar-refractivity contribution in [1.82, 2.24) is 4.90 Å². The lowest BCUT2D eigenvalue weighted by atomic mass is 10.2. The van der Waals surface area contributed by atoms with Gasteiger partial charge < -0.3 is 10.6 Å². The summed E-state index contributed by atoms with van der Waals surface area (Å²) in [4.78, 5) is 3.48. The topological polar surface area (TPSA) is 29.3 Å². The summed E-state index contributed by atoms with van der Waals surface area (Å²) >= 11 is 5.39. The second-order valence-electron chi connectivity index (χ2n) is 3.61. The number of halogens is 1. The zero-order valence-corrected chi connectivity index (χ0v) is 11.6. The molecule has 0 bridgehead atoms. The number of nitrogens with two attached hydrogens (primary N) is 1. The van der Waals surface area contributed by atoms with E-state index in [1.165, 1.54) is 4.90 Å². The van der Waals surface area contributed by atoms with Gasteiger partial charge in [-0.1, -0.05) is 22.0 Å². The predicted octanol–water partition coefficient (Wildman–Crippen LogP) is 2.56. The minimum atomic E-state index is 0.587.